The molecule has 0 aliphatic carbocycles. The zero-order valence-corrected chi connectivity index (χ0v) is 19.1. The van der Waals surface area contributed by atoms with Gasteiger partial charge in [-0.2, -0.15) is 5.10 Å². The lowest BCUT2D eigenvalue weighted by Gasteiger charge is -2.15. The number of nitrogens with zero attached hydrogens (tertiary/aromatic N) is 3. The van der Waals surface area contributed by atoms with Gasteiger partial charge in [0.2, 0.25) is 0 Å². The van der Waals surface area contributed by atoms with Crippen LogP contribution in [0.5, 0.6) is 0 Å². The molecule has 1 aromatic heterocycles. The SMILES string of the molecule is CCCCOCCNC(=NC)NCc1ccccc1-n1nc(C)cc1C.I. The molecule has 0 atom stereocenters. The van der Waals surface area contributed by atoms with Crippen LogP contribution in [-0.2, 0) is 11.3 Å². The van der Waals surface area contributed by atoms with Crippen LogP contribution in [0.1, 0.15) is 36.7 Å². The van der Waals surface area contributed by atoms with Gasteiger partial charge in [0, 0.05) is 32.4 Å². The minimum absolute atomic E-state index is 0. The van der Waals surface area contributed by atoms with E-state index in [1.807, 2.05) is 23.7 Å². The van der Waals surface area contributed by atoms with Crippen molar-refractivity contribution in [2.45, 2.75) is 40.2 Å². The van der Waals surface area contributed by atoms with E-state index in [0.29, 0.717) is 13.2 Å². The Morgan fingerprint density at radius 2 is 1.96 bits per heavy atom. The average molecular weight is 485 g/mol. The largest absolute Gasteiger partial charge is 0.380 e. The normalized spacial score (nSPS) is 11.2. The lowest BCUT2D eigenvalue weighted by Crippen LogP contribution is -2.38. The molecule has 150 valence electrons. The molecule has 2 aromatic rings. The van der Waals surface area contributed by atoms with E-state index in [4.69, 9.17) is 4.74 Å². The highest BCUT2D eigenvalue weighted by atomic mass is 127. The topological polar surface area (TPSA) is 63.5 Å². The van der Waals surface area contributed by atoms with Crippen molar-refractivity contribution >= 4 is 29.9 Å². The lowest BCUT2D eigenvalue weighted by atomic mass is 10.1. The summed E-state index contributed by atoms with van der Waals surface area (Å²) in [4.78, 5) is 4.28. The molecular weight excluding hydrogens is 453 g/mol. The first-order valence-corrected chi connectivity index (χ1v) is 9.29. The molecule has 0 saturated heterocycles. The minimum atomic E-state index is 0. The second-order valence-corrected chi connectivity index (χ2v) is 6.29. The summed E-state index contributed by atoms with van der Waals surface area (Å²) in [6.45, 7) is 9.16. The molecule has 0 aliphatic rings. The number of ether oxygens (including phenoxy) is 1. The third-order valence-corrected chi connectivity index (χ3v) is 4.08. The van der Waals surface area contributed by atoms with Crippen LogP contribution < -0.4 is 10.6 Å². The van der Waals surface area contributed by atoms with Crippen LogP contribution in [0, 0.1) is 13.8 Å². The van der Waals surface area contributed by atoms with Gasteiger partial charge in [-0.25, -0.2) is 4.68 Å². The minimum Gasteiger partial charge on any atom is -0.380 e. The molecule has 0 aliphatic heterocycles. The number of hydrogen-bond donors (Lipinski definition) is 2. The molecule has 0 amide bonds. The van der Waals surface area contributed by atoms with Crippen LogP contribution in [0.4, 0.5) is 0 Å². The average Bonchev–Trinajstić information content (AvgIpc) is 2.99. The molecule has 0 spiro atoms. The van der Waals surface area contributed by atoms with Gasteiger partial charge in [-0.05, 0) is 38.0 Å². The summed E-state index contributed by atoms with van der Waals surface area (Å²) in [5, 5.41) is 11.2. The maximum absolute atomic E-state index is 5.57. The number of rotatable bonds is 9. The Balaban J connectivity index is 0.00000364. The second-order valence-electron chi connectivity index (χ2n) is 6.29. The molecule has 0 bridgehead atoms. The standard InChI is InChI=1S/C20H31N5O.HI/c1-5-6-12-26-13-11-22-20(21-4)23-15-18-9-7-8-10-19(18)25-17(3)14-16(2)24-25;/h7-10,14H,5-6,11-13,15H2,1-4H3,(H2,21,22,23);1H. The van der Waals surface area contributed by atoms with E-state index in [1.54, 1.807) is 7.05 Å². The Labute approximate surface area is 179 Å². The molecule has 2 N–H and O–H groups in total. The van der Waals surface area contributed by atoms with Crippen LogP contribution in [0.25, 0.3) is 5.69 Å². The number of benzene rings is 1. The predicted octanol–water partition coefficient (Wildman–Crippen LogP) is 3.59. The van der Waals surface area contributed by atoms with Gasteiger partial charge in [-0.3, -0.25) is 4.99 Å². The van der Waals surface area contributed by atoms with Gasteiger partial charge >= 0.3 is 0 Å². The van der Waals surface area contributed by atoms with Gasteiger partial charge in [-0.15, -0.1) is 24.0 Å². The molecule has 2 rings (SSSR count). The maximum atomic E-state index is 5.57. The smallest absolute Gasteiger partial charge is 0.191 e. The van der Waals surface area contributed by atoms with Gasteiger partial charge in [-0.1, -0.05) is 31.5 Å². The molecule has 1 heterocycles. The van der Waals surface area contributed by atoms with Crippen molar-refractivity contribution in [1.29, 1.82) is 0 Å². The van der Waals surface area contributed by atoms with Crippen LogP contribution in [0.15, 0.2) is 35.3 Å². The molecule has 0 saturated carbocycles. The van der Waals surface area contributed by atoms with Gasteiger partial charge in [0.15, 0.2) is 5.96 Å². The summed E-state index contributed by atoms with van der Waals surface area (Å²) >= 11 is 0. The number of halogens is 1. The Hall–Kier alpha value is -1.61. The highest BCUT2D eigenvalue weighted by Crippen LogP contribution is 2.16. The number of nitrogens with one attached hydrogen (secondary N) is 2. The highest BCUT2D eigenvalue weighted by molar-refractivity contribution is 14.0. The van der Waals surface area contributed by atoms with Crippen molar-refractivity contribution < 1.29 is 4.74 Å². The fraction of sp³-hybridized carbons (Fsp3) is 0.500. The first kappa shape index (κ1) is 23.4. The Morgan fingerprint density at radius 1 is 1.19 bits per heavy atom. The third kappa shape index (κ3) is 7.50. The van der Waals surface area contributed by atoms with E-state index < -0.39 is 0 Å². The molecule has 6 nitrogen and oxygen atoms in total. The van der Waals surface area contributed by atoms with Crippen molar-refractivity contribution in [2.75, 3.05) is 26.8 Å². The zero-order chi connectivity index (χ0) is 18.8. The Bertz CT molecular complexity index is 714. The summed E-state index contributed by atoms with van der Waals surface area (Å²) in [5.74, 6) is 0.771. The van der Waals surface area contributed by atoms with E-state index in [0.717, 1.165) is 49.0 Å². The van der Waals surface area contributed by atoms with E-state index in [1.165, 1.54) is 5.56 Å². The molecule has 0 unspecified atom stereocenters. The molecule has 0 fully saturated rings. The van der Waals surface area contributed by atoms with Gasteiger partial charge in [0.25, 0.3) is 0 Å². The van der Waals surface area contributed by atoms with Crippen molar-refractivity contribution in [3.05, 3.63) is 47.3 Å². The van der Waals surface area contributed by atoms with Crippen molar-refractivity contribution in [1.82, 2.24) is 20.4 Å². The van der Waals surface area contributed by atoms with Gasteiger partial charge in [0.1, 0.15) is 0 Å². The number of aryl methyl sites for hydroxylation is 2. The van der Waals surface area contributed by atoms with Crippen molar-refractivity contribution in [2.24, 2.45) is 4.99 Å². The van der Waals surface area contributed by atoms with Crippen molar-refractivity contribution in [3.8, 4) is 5.69 Å². The van der Waals surface area contributed by atoms with E-state index in [9.17, 15) is 0 Å². The summed E-state index contributed by atoms with van der Waals surface area (Å²) in [7, 11) is 1.78. The zero-order valence-electron chi connectivity index (χ0n) is 16.8. The molecule has 27 heavy (non-hydrogen) atoms. The lowest BCUT2D eigenvalue weighted by molar-refractivity contribution is 0.136. The van der Waals surface area contributed by atoms with Gasteiger partial charge in [0.05, 0.1) is 18.0 Å². The number of aliphatic imine (C=N–C) groups is 1. The van der Waals surface area contributed by atoms with Crippen LogP contribution >= 0.6 is 24.0 Å². The summed E-state index contributed by atoms with van der Waals surface area (Å²) < 4.78 is 7.56. The fourth-order valence-corrected chi connectivity index (χ4v) is 2.73. The molecular formula is C20H32IN5O. The predicted molar refractivity (Wildman–Crippen MR) is 122 cm³/mol. The number of para-hydroxylation sites is 1. The molecule has 0 radical (unpaired) electrons. The van der Waals surface area contributed by atoms with E-state index >= 15 is 0 Å². The first-order valence-electron chi connectivity index (χ1n) is 9.29. The third-order valence-electron chi connectivity index (χ3n) is 4.08. The quantitative estimate of drug-likeness (QED) is 0.247. The maximum Gasteiger partial charge on any atom is 0.191 e. The Morgan fingerprint density at radius 3 is 2.63 bits per heavy atom. The van der Waals surface area contributed by atoms with Crippen molar-refractivity contribution in [3.63, 3.8) is 0 Å². The highest BCUT2D eigenvalue weighted by Gasteiger charge is 2.09. The number of hydrogen-bond acceptors (Lipinski definition) is 3. The summed E-state index contributed by atoms with van der Waals surface area (Å²) in [5.41, 5.74) is 4.40. The van der Waals surface area contributed by atoms with Crippen LogP contribution in [0.3, 0.4) is 0 Å². The molecule has 1 aromatic carbocycles. The number of aromatic nitrogens is 2. The number of guanidine groups is 1. The summed E-state index contributed by atoms with van der Waals surface area (Å²) in [6, 6.07) is 10.4. The Kier molecular flexibility index (Phi) is 11.0. The summed E-state index contributed by atoms with van der Waals surface area (Å²) in [6.07, 6.45) is 2.27. The fourth-order valence-electron chi connectivity index (χ4n) is 2.73. The van der Waals surface area contributed by atoms with Crippen LogP contribution in [-0.4, -0.2) is 42.5 Å². The van der Waals surface area contributed by atoms with Gasteiger partial charge < -0.3 is 15.4 Å². The monoisotopic (exact) mass is 485 g/mol. The first-order chi connectivity index (χ1) is 12.7. The molecule has 7 heteroatoms. The van der Waals surface area contributed by atoms with Crippen LogP contribution in [0.2, 0.25) is 0 Å². The van der Waals surface area contributed by atoms with E-state index in [2.05, 4.69) is 52.8 Å². The second kappa shape index (κ2) is 12.7. The van der Waals surface area contributed by atoms with E-state index in [-0.39, 0.29) is 24.0 Å². The number of unbranched alkanes of at least 4 members (excludes halogenated alkanes) is 1.